The van der Waals surface area contributed by atoms with E-state index in [1.54, 1.807) is 0 Å². The first kappa shape index (κ1) is 15.3. The lowest BCUT2D eigenvalue weighted by atomic mass is 9.77. The predicted octanol–water partition coefficient (Wildman–Crippen LogP) is 5.55. The van der Waals surface area contributed by atoms with Crippen LogP contribution in [0.2, 0.25) is 0 Å². The molecule has 2 nitrogen and oxygen atoms in total. The molecule has 3 unspecified atom stereocenters. The molecule has 0 saturated heterocycles. The zero-order valence-corrected chi connectivity index (χ0v) is 14.4. The highest BCUT2D eigenvalue weighted by Gasteiger charge is 2.37. The van der Waals surface area contributed by atoms with E-state index in [1.807, 2.05) is 0 Å². The zero-order chi connectivity index (χ0) is 16.5. The van der Waals surface area contributed by atoms with Gasteiger partial charge in [-0.25, -0.2) is 0 Å². The van der Waals surface area contributed by atoms with Crippen molar-refractivity contribution in [2.24, 2.45) is 11.8 Å². The molecule has 2 aromatic rings. The summed E-state index contributed by atoms with van der Waals surface area (Å²) in [6, 6.07) is 17.7. The first-order valence-electron chi connectivity index (χ1n) is 8.97. The Labute approximate surface area is 144 Å². The number of ether oxygens (including phenoxy) is 1. The molecule has 1 aliphatic carbocycles. The van der Waals surface area contributed by atoms with Gasteiger partial charge in [0, 0.05) is 11.6 Å². The minimum Gasteiger partial charge on any atom is -0.493 e. The lowest BCUT2D eigenvalue weighted by Crippen LogP contribution is -2.29. The first-order valence-corrected chi connectivity index (χ1v) is 8.97. The lowest BCUT2D eigenvalue weighted by molar-refractivity contribution is 0.270. The second-order valence-corrected chi connectivity index (χ2v) is 7.34. The van der Waals surface area contributed by atoms with Crippen LogP contribution in [0.4, 0.5) is 5.69 Å². The van der Waals surface area contributed by atoms with Crippen LogP contribution in [0.5, 0.6) is 5.75 Å². The molecule has 0 amide bonds. The minimum absolute atomic E-state index is 0.376. The highest BCUT2D eigenvalue weighted by Crippen LogP contribution is 2.50. The Morgan fingerprint density at radius 2 is 1.96 bits per heavy atom. The normalized spacial score (nSPS) is 24.4. The molecule has 0 aromatic heterocycles. The van der Waals surface area contributed by atoms with E-state index in [0.29, 0.717) is 23.8 Å². The van der Waals surface area contributed by atoms with Gasteiger partial charge in [0.2, 0.25) is 0 Å². The van der Waals surface area contributed by atoms with Crippen molar-refractivity contribution in [3.8, 4) is 5.75 Å². The van der Waals surface area contributed by atoms with Crippen molar-refractivity contribution in [2.75, 3.05) is 11.9 Å². The van der Waals surface area contributed by atoms with E-state index in [2.05, 4.69) is 79.8 Å². The Hall–Kier alpha value is -2.22. The summed E-state index contributed by atoms with van der Waals surface area (Å²) in [5.74, 6) is 2.59. The minimum atomic E-state index is 0.376. The lowest BCUT2D eigenvalue weighted by Gasteiger charge is -2.37. The summed E-state index contributed by atoms with van der Waals surface area (Å²) in [5.41, 5.74) is 4.00. The van der Waals surface area contributed by atoms with Gasteiger partial charge in [0.1, 0.15) is 5.75 Å². The Bertz CT molecular complexity index is 735. The number of hydrogen-bond donors (Lipinski definition) is 1. The fourth-order valence-corrected chi connectivity index (χ4v) is 3.92. The standard InChI is InChI=1S/C22H25NO/c1-15(2)14-24-17-11-12-21-20(13-17)18-9-6-10-19(18)22(23-21)16-7-4-3-5-8-16/h3-9,11-13,15,18-19,22-23H,10,14H2,1-2H3. The van der Waals surface area contributed by atoms with Gasteiger partial charge in [-0.2, -0.15) is 0 Å². The topological polar surface area (TPSA) is 21.3 Å². The number of benzene rings is 2. The molecule has 1 aliphatic heterocycles. The van der Waals surface area contributed by atoms with E-state index in [0.717, 1.165) is 18.8 Å². The summed E-state index contributed by atoms with van der Waals surface area (Å²) in [4.78, 5) is 0. The second kappa shape index (κ2) is 6.35. The van der Waals surface area contributed by atoms with Crippen molar-refractivity contribution in [2.45, 2.75) is 32.2 Å². The van der Waals surface area contributed by atoms with Crippen molar-refractivity contribution in [1.29, 1.82) is 0 Å². The summed E-state index contributed by atoms with van der Waals surface area (Å²) in [6.07, 6.45) is 5.85. The Balaban J connectivity index is 1.66. The van der Waals surface area contributed by atoms with E-state index in [4.69, 9.17) is 4.74 Å². The van der Waals surface area contributed by atoms with Gasteiger partial charge in [-0.15, -0.1) is 0 Å². The smallest absolute Gasteiger partial charge is 0.119 e. The summed E-state index contributed by atoms with van der Waals surface area (Å²) >= 11 is 0. The molecule has 0 bridgehead atoms. The largest absolute Gasteiger partial charge is 0.493 e. The first-order chi connectivity index (χ1) is 11.7. The molecule has 2 aromatic carbocycles. The van der Waals surface area contributed by atoms with Crippen LogP contribution < -0.4 is 10.1 Å². The number of hydrogen-bond acceptors (Lipinski definition) is 2. The van der Waals surface area contributed by atoms with Crippen molar-refractivity contribution < 1.29 is 4.74 Å². The number of rotatable bonds is 4. The van der Waals surface area contributed by atoms with Gasteiger partial charge < -0.3 is 10.1 Å². The molecule has 0 spiro atoms. The van der Waals surface area contributed by atoms with Crippen LogP contribution in [0.1, 0.15) is 43.4 Å². The predicted molar refractivity (Wildman–Crippen MR) is 99.6 cm³/mol. The van der Waals surface area contributed by atoms with Crippen molar-refractivity contribution in [1.82, 2.24) is 0 Å². The van der Waals surface area contributed by atoms with Gasteiger partial charge in [0.25, 0.3) is 0 Å². The van der Waals surface area contributed by atoms with Crippen molar-refractivity contribution in [3.63, 3.8) is 0 Å². The Morgan fingerprint density at radius 3 is 2.75 bits per heavy atom. The van der Waals surface area contributed by atoms with Gasteiger partial charge in [-0.05, 0) is 47.6 Å². The molecule has 0 radical (unpaired) electrons. The van der Waals surface area contributed by atoms with Gasteiger partial charge in [-0.3, -0.25) is 0 Å². The summed E-state index contributed by atoms with van der Waals surface area (Å²) in [5, 5.41) is 3.78. The fourth-order valence-electron chi connectivity index (χ4n) is 3.92. The quantitative estimate of drug-likeness (QED) is 0.746. The molecule has 0 fully saturated rings. The van der Waals surface area contributed by atoms with Crippen LogP contribution in [-0.4, -0.2) is 6.61 Å². The maximum absolute atomic E-state index is 5.94. The SMILES string of the molecule is CC(C)COc1ccc2c(c1)C1C=CCC1C(c1ccccc1)N2. The summed E-state index contributed by atoms with van der Waals surface area (Å²) < 4.78 is 5.94. The van der Waals surface area contributed by atoms with Crippen LogP contribution in [-0.2, 0) is 0 Å². The van der Waals surface area contributed by atoms with Crippen LogP contribution >= 0.6 is 0 Å². The second-order valence-electron chi connectivity index (χ2n) is 7.34. The van der Waals surface area contributed by atoms with Gasteiger partial charge in [0.15, 0.2) is 0 Å². The van der Waals surface area contributed by atoms with Crippen LogP contribution in [0.25, 0.3) is 0 Å². The highest BCUT2D eigenvalue weighted by molar-refractivity contribution is 5.61. The average Bonchev–Trinajstić information content (AvgIpc) is 3.10. The van der Waals surface area contributed by atoms with E-state index < -0.39 is 0 Å². The summed E-state index contributed by atoms with van der Waals surface area (Å²) in [7, 11) is 0. The fraction of sp³-hybridized carbons (Fsp3) is 0.364. The number of allylic oxidation sites excluding steroid dienone is 2. The van der Waals surface area contributed by atoms with Crippen molar-refractivity contribution in [3.05, 3.63) is 71.8 Å². The van der Waals surface area contributed by atoms with E-state index in [1.165, 1.54) is 16.8 Å². The summed E-state index contributed by atoms with van der Waals surface area (Å²) in [6.45, 7) is 5.13. The molecule has 0 saturated carbocycles. The third kappa shape index (κ3) is 2.82. The molecular weight excluding hydrogens is 294 g/mol. The molecule has 2 aliphatic rings. The maximum atomic E-state index is 5.94. The highest BCUT2D eigenvalue weighted by atomic mass is 16.5. The van der Waals surface area contributed by atoms with E-state index in [-0.39, 0.29) is 0 Å². The number of fused-ring (bicyclic) bond motifs is 3. The number of anilines is 1. The molecule has 124 valence electrons. The monoisotopic (exact) mass is 319 g/mol. The third-order valence-corrected chi connectivity index (χ3v) is 5.08. The van der Waals surface area contributed by atoms with E-state index in [9.17, 15) is 0 Å². The molecule has 24 heavy (non-hydrogen) atoms. The van der Waals surface area contributed by atoms with Crippen LogP contribution in [0.15, 0.2) is 60.7 Å². The van der Waals surface area contributed by atoms with Crippen molar-refractivity contribution >= 4 is 5.69 Å². The molecular formula is C22H25NO. The van der Waals surface area contributed by atoms with Crippen LogP contribution in [0, 0.1) is 11.8 Å². The van der Waals surface area contributed by atoms with Gasteiger partial charge in [0.05, 0.1) is 12.6 Å². The molecule has 1 heterocycles. The Morgan fingerprint density at radius 1 is 1.12 bits per heavy atom. The molecule has 1 N–H and O–H groups in total. The van der Waals surface area contributed by atoms with Crippen LogP contribution in [0.3, 0.4) is 0 Å². The zero-order valence-electron chi connectivity index (χ0n) is 14.4. The molecule has 3 atom stereocenters. The maximum Gasteiger partial charge on any atom is 0.119 e. The number of nitrogens with one attached hydrogen (secondary N) is 1. The third-order valence-electron chi connectivity index (χ3n) is 5.08. The van der Waals surface area contributed by atoms with E-state index >= 15 is 0 Å². The van der Waals surface area contributed by atoms with Gasteiger partial charge in [-0.1, -0.05) is 56.3 Å². The molecule has 4 rings (SSSR count). The van der Waals surface area contributed by atoms with Gasteiger partial charge >= 0.3 is 0 Å². The Kier molecular flexibility index (Phi) is 4.05. The molecule has 2 heteroatoms. The average molecular weight is 319 g/mol.